The molecule has 2 aliphatic heterocycles. The van der Waals surface area contributed by atoms with Gasteiger partial charge in [-0.2, -0.15) is 0 Å². The Labute approximate surface area is 119 Å². The first kappa shape index (κ1) is 13.6. The predicted molar refractivity (Wildman–Crippen MR) is 78.4 cm³/mol. The first-order valence-electron chi connectivity index (χ1n) is 6.78. The van der Waals surface area contributed by atoms with Crippen LogP contribution in [0.25, 0.3) is 0 Å². The maximum Gasteiger partial charge on any atom is 0.173 e. The third-order valence-corrected chi connectivity index (χ3v) is 5.02. The molecule has 20 heavy (non-hydrogen) atoms. The van der Waals surface area contributed by atoms with Gasteiger partial charge in [-0.05, 0) is 31.0 Å². The zero-order valence-electron chi connectivity index (χ0n) is 11.7. The number of hydrogen-bond acceptors (Lipinski definition) is 4. The molecule has 0 aromatic heterocycles. The van der Waals surface area contributed by atoms with Crippen molar-refractivity contribution in [2.24, 2.45) is 0 Å². The van der Waals surface area contributed by atoms with Gasteiger partial charge in [0.15, 0.2) is 9.84 Å². The van der Waals surface area contributed by atoms with Crippen LogP contribution in [0.15, 0.2) is 29.7 Å². The van der Waals surface area contributed by atoms with Gasteiger partial charge in [-0.1, -0.05) is 18.2 Å². The van der Waals surface area contributed by atoms with Crippen LogP contribution in [-0.2, 0) is 22.8 Å². The van der Waals surface area contributed by atoms with Gasteiger partial charge in [-0.25, -0.2) is 8.42 Å². The third kappa shape index (κ3) is 2.88. The Morgan fingerprint density at radius 1 is 1.40 bits per heavy atom. The molecule has 1 aromatic carbocycles. The van der Waals surface area contributed by atoms with E-state index in [2.05, 4.69) is 25.2 Å². The van der Waals surface area contributed by atoms with E-state index in [9.17, 15) is 8.42 Å². The molecule has 1 atom stereocenters. The average Bonchev–Trinajstić information content (AvgIpc) is 2.83. The van der Waals surface area contributed by atoms with E-state index in [4.69, 9.17) is 4.74 Å². The van der Waals surface area contributed by atoms with Crippen LogP contribution < -0.4 is 10.1 Å². The van der Waals surface area contributed by atoms with Crippen molar-refractivity contribution in [1.29, 1.82) is 0 Å². The fraction of sp³-hybridized carbons (Fsp3) is 0.467. The summed E-state index contributed by atoms with van der Waals surface area (Å²) >= 11 is 0. The lowest BCUT2D eigenvalue weighted by Crippen LogP contribution is -2.29. The van der Waals surface area contributed by atoms with Gasteiger partial charge >= 0.3 is 0 Å². The summed E-state index contributed by atoms with van der Waals surface area (Å²) in [6, 6.07) is 6.09. The van der Waals surface area contributed by atoms with Crippen molar-refractivity contribution in [3.05, 3.63) is 40.8 Å². The van der Waals surface area contributed by atoms with E-state index in [0.717, 1.165) is 17.7 Å². The second-order valence-corrected chi connectivity index (χ2v) is 8.06. The van der Waals surface area contributed by atoms with Crippen LogP contribution in [0.2, 0.25) is 0 Å². The molecule has 0 bridgehead atoms. The molecule has 5 heteroatoms. The topological polar surface area (TPSA) is 55.4 Å². The zero-order valence-corrected chi connectivity index (χ0v) is 12.5. The normalized spacial score (nSPS) is 25.4. The van der Waals surface area contributed by atoms with Crippen molar-refractivity contribution in [2.75, 3.05) is 5.75 Å². The average molecular weight is 293 g/mol. The summed E-state index contributed by atoms with van der Waals surface area (Å²) in [5.74, 6) is 1.12. The summed E-state index contributed by atoms with van der Waals surface area (Å²) in [4.78, 5) is 0. The number of benzene rings is 1. The minimum atomic E-state index is -2.99. The monoisotopic (exact) mass is 293 g/mol. The zero-order chi connectivity index (χ0) is 14.4. The number of nitrogens with one attached hydrogen (secondary N) is 1. The lowest BCUT2D eigenvalue weighted by atomic mass is 10.0. The number of sulfone groups is 1. The molecule has 108 valence electrons. The largest absolute Gasteiger partial charge is 0.487 e. The summed E-state index contributed by atoms with van der Waals surface area (Å²) in [6.07, 6.45) is 2.63. The molecular formula is C15H19NO3S. The Bertz CT molecular complexity index is 662. The number of fused-ring (bicyclic) bond motifs is 1. The molecule has 1 N–H and O–H groups in total. The lowest BCUT2D eigenvalue weighted by Gasteiger charge is -2.16. The Morgan fingerprint density at radius 3 is 2.90 bits per heavy atom. The van der Waals surface area contributed by atoms with Crippen LogP contribution in [-0.4, -0.2) is 25.8 Å². The maximum atomic E-state index is 11.3. The molecule has 0 spiro atoms. The summed E-state index contributed by atoms with van der Waals surface area (Å²) in [5.41, 5.74) is 2.25. The van der Waals surface area contributed by atoms with E-state index in [1.54, 1.807) is 6.08 Å². The van der Waals surface area contributed by atoms with Gasteiger partial charge in [0.1, 0.15) is 11.4 Å². The van der Waals surface area contributed by atoms with Crippen molar-refractivity contribution >= 4 is 9.84 Å². The van der Waals surface area contributed by atoms with Crippen molar-refractivity contribution in [3.8, 4) is 5.75 Å². The minimum Gasteiger partial charge on any atom is -0.487 e. The highest BCUT2D eigenvalue weighted by atomic mass is 32.2. The summed E-state index contributed by atoms with van der Waals surface area (Å²) < 4.78 is 28.5. The van der Waals surface area contributed by atoms with Crippen LogP contribution in [0.3, 0.4) is 0 Å². The third-order valence-electron chi connectivity index (χ3n) is 3.63. The molecule has 2 heterocycles. The van der Waals surface area contributed by atoms with Crippen LogP contribution >= 0.6 is 0 Å². The Morgan fingerprint density at radius 2 is 2.20 bits per heavy atom. The van der Waals surface area contributed by atoms with Crippen molar-refractivity contribution in [3.63, 3.8) is 0 Å². The van der Waals surface area contributed by atoms with Crippen LogP contribution in [0.1, 0.15) is 25.0 Å². The highest BCUT2D eigenvalue weighted by molar-refractivity contribution is 7.94. The van der Waals surface area contributed by atoms with E-state index in [1.807, 2.05) is 12.1 Å². The molecule has 0 saturated carbocycles. The van der Waals surface area contributed by atoms with Crippen LogP contribution in [0, 0.1) is 0 Å². The number of hydrogen-bond donors (Lipinski definition) is 1. The number of ether oxygens (including phenoxy) is 1. The molecule has 3 rings (SSSR count). The van der Waals surface area contributed by atoms with Crippen LogP contribution in [0.5, 0.6) is 5.75 Å². The van der Waals surface area contributed by atoms with Gasteiger partial charge in [0, 0.05) is 24.4 Å². The summed E-state index contributed by atoms with van der Waals surface area (Å²) in [6.45, 7) is 4.83. The fourth-order valence-corrected chi connectivity index (χ4v) is 3.99. The first-order valence-corrected chi connectivity index (χ1v) is 8.50. The Hall–Kier alpha value is -1.33. The number of rotatable bonds is 3. The van der Waals surface area contributed by atoms with Crippen molar-refractivity contribution in [2.45, 2.75) is 38.5 Å². The lowest BCUT2D eigenvalue weighted by molar-refractivity contribution is 0.138. The Balaban J connectivity index is 1.65. The van der Waals surface area contributed by atoms with Gasteiger partial charge in [-0.3, -0.25) is 0 Å². The summed E-state index contributed by atoms with van der Waals surface area (Å²) in [5, 5.41) is 4.55. The van der Waals surface area contributed by atoms with Gasteiger partial charge in [0.05, 0.1) is 5.75 Å². The summed E-state index contributed by atoms with van der Waals surface area (Å²) in [7, 11) is -2.99. The quantitative estimate of drug-likeness (QED) is 0.923. The van der Waals surface area contributed by atoms with Gasteiger partial charge in [0.2, 0.25) is 0 Å². The van der Waals surface area contributed by atoms with Gasteiger partial charge < -0.3 is 10.1 Å². The van der Waals surface area contributed by atoms with E-state index < -0.39 is 9.84 Å². The van der Waals surface area contributed by atoms with Crippen LogP contribution in [0.4, 0.5) is 0 Å². The predicted octanol–water partition coefficient (Wildman–Crippen LogP) is 1.80. The highest BCUT2D eigenvalue weighted by Gasteiger charge is 2.30. The smallest absolute Gasteiger partial charge is 0.173 e. The van der Waals surface area contributed by atoms with Crippen molar-refractivity contribution in [1.82, 2.24) is 5.32 Å². The SMILES string of the molecule is CC1(C)Cc2cc(CNC3C=CS(=O)(=O)C3)ccc2O1. The molecule has 0 radical (unpaired) electrons. The van der Waals surface area contributed by atoms with E-state index in [1.165, 1.54) is 11.0 Å². The molecule has 4 nitrogen and oxygen atoms in total. The molecule has 2 aliphatic rings. The molecule has 0 amide bonds. The standard InChI is InChI=1S/C15H19NO3S/c1-15(2)8-12-7-11(3-4-14(12)19-15)9-16-13-5-6-20(17,18)10-13/h3-7,13,16H,8-10H2,1-2H3. The molecular weight excluding hydrogens is 274 g/mol. The molecule has 1 aromatic rings. The van der Waals surface area contributed by atoms with Crippen molar-refractivity contribution < 1.29 is 13.2 Å². The van der Waals surface area contributed by atoms with Gasteiger partial charge in [-0.15, -0.1) is 0 Å². The second-order valence-electron chi connectivity index (χ2n) is 6.13. The molecule has 0 aliphatic carbocycles. The minimum absolute atomic E-state index is 0.0825. The fourth-order valence-electron chi connectivity index (χ4n) is 2.72. The highest BCUT2D eigenvalue weighted by Crippen LogP contribution is 2.35. The molecule has 1 unspecified atom stereocenters. The maximum absolute atomic E-state index is 11.3. The molecule has 0 saturated heterocycles. The Kier molecular flexibility index (Phi) is 3.14. The first-order chi connectivity index (χ1) is 9.33. The van der Waals surface area contributed by atoms with Gasteiger partial charge in [0.25, 0.3) is 0 Å². The van der Waals surface area contributed by atoms with E-state index >= 15 is 0 Å². The van der Waals surface area contributed by atoms with E-state index in [0.29, 0.717) is 6.54 Å². The molecule has 0 fully saturated rings. The second kappa shape index (κ2) is 4.60. The van der Waals surface area contributed by atoms with E-state index in [-0.39, 0.29) is 17.4 Å².